The number of carboxylic acid groups (broad SMARTS) is 1. The van der Waals surface area contributed by atoms with Gasteiger partial charge in [0.25, 0.3) is 6.01 Å². The molecule has 0 aliphatic carbocycles. The smallest absolute Gasteiger partial charge is 0.360 e. The van der Waals surface area contributed by atoms with Crippen LogP contribution in [0.1, 0.15) is 30.3 Å². The molecule has 116 valence electrons. The van der Waals surface area contributed by atoms with Crippen molar-refractivity contribution in [2.24, 2.45) is 5.41 Å². The van der Waals surface area contributed by atoms with Gasteiger partial charge in [-0.15, -0.1) is 0 Å². The highest BCUT2D eigenvalue weighted by atomic mass is 16.5. The van der Waals surface area contributed by atoms with E-state index in [0.29, 0.717) is 26.1 Å². The predicted octanol–water partition coefficient (Wildman–Crippen LogP) is 1.14. The van der Waals surface area contributed by atoms with Crippen LogP contribution in [0.15, 0.2) is 10.7 Å². The second-order valence-electron chi connectivity index (χ2n) is 4.81. The fourth-order valence-corrected chi connectivity index (χ4v) is 2.13. The van der Waals surface area contributed by atoms with Crippen LogP contribution in [-0.2, 0) is 14.3 Å². The maximum atomic E-state index is 11.5. The molecule has 2 N–H and O–H groups in total. The number of hydrogen-bond donors (Lipinski definition) is 2. The molecule has 0 saturated carbocycles. The molecule has 21 heavy (non-hydrogen) atoms. The number of carbonyl (C=O) groups is 2. The van der Waals surface area contributed by atoms with Crippen molar-refractivity contribution < 1.29 is 28.6 Å². The summed E-state index contributed by atoms with van der Waals surface area (Å²) in [6.45, 7) is 2.92. The van der Waals surface area contributed by atoms with Gasteiger partial charge < -0.3 is 24.3 Å². The standard InChI is InChI=1S/C13H18N2O6/c1-2-20-10(16)9-7-21-12(15-9)14-8-13(11(17)18)3-5-19-6-4-13/h7H,2-6,8H2,1H3,(H,14,15)(H,17,18). The first kappa shape index (κ1) is 15.3. The Morgan fingerprint density at radius 3 is 2.81 bits per heavy atom. The minimum Gasteiger partial charge on any atom is -0.481 e. The molecule has 8 heteroatoms. The number of hydrogen-bond acceptors (Lipinski definition) is 7. The fourth-order valence-electron chi connectivity index (χ4n) is 2.13. The molecule has 1 aromatic heterocycles. The lowest BCUT2D eigenvalue weighted by atomic mass is 9.80. The van der Waals surface area contributed by atoms with Crippen LogP contribution >= 0.6 is 0 Å². The third-order valence-corrected chi connectivity index (χ3v) is 3.47. The van der Waals surface area contributed by atoms with Gasteiger partial charge >= 0.3 is 11.9 Å². The second-order valence-corrected chi connectivity index (χ2v) is 4.81. The van der Waals surface area contributed by atoms with E-state index in [1.807, 2.05) is 0 Å². The quantitative estimate of drug-likeness (QED) is 0.752. The first-order valence-electron chi connectivity index (χ1n) is 6.75. The highest BCUT2D eigenvalue weighted by molar-refractivity contribution is 5.87. The number of carboxylic acids is 1. The molecule has 0 radical (unpaired) electrons. The molecular formula is C13H18N2O6. The molecule has 0 spiro atoms. The van der Waals surface area contributed by atoms with Crippen LogP contribution in [0.5, 0.6) is 0 Å². The summed E-state index contributed by atoms with van der Waals surface area (Å²) in [5.41, 5.74) is -0.854. The van der Waals surface area contributed by atoms with E-state index < -0.39 is 17.4 Å². The van der Waals surface area contributed by atoms with E-state index >= 15 is 0 Å². The van der Waals surface area contributed by atoms with Gasteiger partial charge in [0.2, 0.25) is 0 Å². The number of aliphatic carboxylic acids is 1. The highest BCUT2D eigenvalue weighted by Crippen LogP contribution is 2.31. The van der Waals surface area contributed by atoms with Crippen molar-refractivity contribution in [2.75, 3.05) is 31.7 Å². The fraction of sp³-hybridized carbons (Fsp3) is 0.615. The zero-order chi connectivity index (χ0) is 15.3. The molecular weight excluding hydrogens is 280 g/mol. The SMILES string of the molecule is CCOC(=O)c1coc(NCC2(C(=O)O)CCOCC2)n1. The van der Waals surface area contributed by atoms with Crippen molar-refractivity contribution in [1.82, 2.24) is 4.98 Å². The first-order valence-corrected chi connectivity index (χ1v) is 6.75. The second kappa shape index (κ2) is 6.57. The van der Waals surface area contributed by atoms with Gasteiger partial charge in [-0.25, -0.2) is 4.79 Å². The van der Waals surface area contributed by atoms with Crippen LogP contribution in [0.3, 0.4) is 0 Å². The minimum atomic E-state index is -0.906. The van der Waals surface area contributed by atoms with Crippen molar-refractivity contribution in [1.29, 1.82) is 0 Å². The maximum Gasteiger partial charge on any atom is 0.360 e. The molecule has 0 bridgehead atoms. The van der Waals surface area contributed by atoms with E-state index in [4.69, 9.17) is 13.9 Å². The number of rotatable bonds is 6. The molecule has 1 fully saturated rings. The summed E-state index contributed by atoms with van der Waals surface area (Å²) in [4.78, 5) is 26.9. The summed E-state index contributed by atoms with van der Waals surface area (Å²) in [6, 6.07) is 0.102. The van der Waals surface area contributed by atoms with E-state index in [1.54, 1.807) is 6.92 Å². The molecule has 0 atom stereocenters. The Hall–Kier alpha value is -2.09. The zero-order valence-electron chi connectivity index (χ0n) is 11.8. The molecule has 2 heterocycles. The van der Waals surface area contributed by atoms with Gasteiger partial charge in [0, 0.05) is 19.8 Å². The molecule has 1 aliphatic heterocycles. The molecule has 0 unspecified atom stereocenters. The van der Waals surface area contributed by atoms with Crippen molar-refractivity contribution in [3.63, 3.8) is 0 Å². The zero-order valence-corrected chi connectivity index (χ0v) is 11.8. The van der Waals surface area contributed by atoms with E-state index in [1.165, 1.54) is 6.26 Å². The van der Waals surface area contributed by atoms with Crippen LogP contribution in [-0.4, -0.2) is 48.4 Å². The lowest BCUT2D eigenvalue weighted by molar-refractivity contribution is -0.153. The normalized spacial score (nSPS) is 17.2. The van der Waals surface area contributed by atoms with Gasteiger partial charge in [0.05, 0.1) is 12.0 Å². The first-order chi connectivity index (χ1) is 10.1. The summed E-state index contributed by atoms with van der Waals surface area (Å²) < 4.78 is 15.1. The number of ether oxygens (including phenoxy) is 2. The number of anilines is 1. The molecule has 1 aliphatic rings. The van der Waals surface area contributed by atoms with E-state index in [0.717, 1.165) is 0 Å². The number of esters is 1. The molecule has 1 aromatic rings. The number of aromatic nitrogens is 1. The summed E-state index contributed by atoms with van der Waals surface area (Å²) >= 11 is 0. The Kier molecular flexibility index (Phi) is 4.79. The summed E-state index contributed by atoms with van der Waals surface area (Å²) in [5, 5.41) is 12.2. The van der Waals surface area contributed by atoms with Gasteiger partial charge in [0.15, 0.2) is 5.69 Å². The summed E-state index contributed by atoms with van der Waals surface area (Å²) in [5.74, 6) is -1.45. The predicted molar refractivity (Wildman–Crippen MR) is 71.1 cm³/mol. The average molecular weight is 298 g/mol. The monoisotopic (exact) mass is 298 g/mol. The number of nitrogens with zero attached hydrogens (tertiary/aromatic N) is 1. The highest BCUT2D eigenvalue weighted by Gasteiger charge is 2.40. The van der Waals surface area contributed by atoms with Crippen molar-refractivity contribution in [3.05, 3.63) is 12.0 Å². The van der Waals surface area contributed by atoms with Gasteiger partial charge in [-0.1, -0.05) is 0 Å². The van der Waals surface area contributed by atoms with Crippen LogP contribution in [0.25, 0.3) is 0 Å². The Morgan fingerprint density at radius 1 is 1.48 bits per heavy atom. The topological polar surface area (TPSA) is 111 Å². The van der Waals surface area contributed by atoms with Crippen molar-refractivity contribution in [3.8, 4) is 0 Å². The van der Waals surface area contributed by atoms with Crippen LogP contribution in [0.4, 0.5) is 6.01 Å². The van der Waals surface area contributed by atoms with Crippen LogP contribution < -0.4 is 5.32 Å². The number of nitrogens with one attached hydrogen (secondary N) is 1. The lowest BCUT2D eigenvalue weighted by Gasteiger charge is -2.32. The maximum absolute atomic E-state index is 11.5. The molecule has 8 nitrogen and oxygen atoms in total. The Labute approximate surface area is 121 Å². The molecule has 1 saturated heterocycles. The minimum absolute atomic E-state index is 0.0516. The van der Waals surface area contributed by atoms with Gasteiger partial charge in [0.1, 0.15) is 6.26 Å². The molecule has 0 aromatic carbocycles. The van der Waals surface area contributed by atoms with Crippen LogP contribution in [0.2, 0.25) is 0 Å². The Balaban J connectivity index is 1.98. The van der Waals surface area contributed by atoms with Crippen molar-refractivity contribution in [2.45, 2.75) is 19.8 Å². The van der Waals surface area contributed by atoms with E-state index in [2.05, 4.69) is 10.3 Å². The molecule has 0 amide bonds. The summed E-state index contributed by atoms with van der Waals surface area (Å²) in [7, 11) is 0. The van der Waals surface area contributed by atoms with Crippen molar-refractivity contribution >= 4 is 18.0 Å². The van der Waals surface area contributed by atoms with Gasteiger partial charge in [-0.3, -0.25) is 4.79 Å². The lowest BCUT2D eigenvalue weighted by Crippen LogP contribution is -2.42. The number of carbonyl (C=O) groups excluding carboxylic acids is 1. The van der Waals surface area contributed by atoms with E-state index in [-0.39, 0.29) is 24.9 Å². The largest absolute Gasteiger partial charge is 0.481 e. The summed E-state index contributed by atoms with van der Waals surface area (Å²) in [6.07, 6.45) is 2.01. The van der Waals surface area contributed by atoms with Crippen LogP contribution in [0, 0.1) is 5.41 Å². The van der Waals surface area contributed by atoms with E-state index in [9.17, 15) is 14.7 Å². The average Bonchev–Trinajstić information content (AvgIpc) is 2.95. The number of oxazole rings is 1. The third-order valence-electron chi connectivity index (χ3n) is 3.47. The molecule has 2 rings (SSSR count). The van der Waals surface area contributed by atoms with Gasteiger partial charge in [-0.05, 0) is 19.8 Å². The Morgan fingerprint density at radius 2 is 2.19 bits per heavy atom. The van der Waals surface area contributed by atoms with Gasteiger partial charge in [-0.2, -0.15) is 4.98 Å². The Bertz CT molecular complexity index is 507. The third kappa shape index (κ3) is 3.52.